The number of hydrogen-bond donors (Lipinski definition) is 1. The number of ether oxygens (including phenoxy) is 1. The fourth-order valence-electron chi connectivity index (χ4n) is 1.44. The summed E-state index contributed by atoms with van der Waals surface area (Å²) in [5.74, 6) is -1.75. The van der Waals surface area contributed by atoms with Gasteiger partial charge < -0.3 is 9.84 Å². The monoisotopic (exact) mass is 362 g/mol. The molecule has 0 atom stereocenters. The van der Waals surface area contributed by atoms with Gasteiger partial charge in [0.1, 0.15) is 5.75 Å². The average Bonchev–Trinajstić information content (AvgIpc) is 2.35. The molecule has 0 saturated heterocycles. The SMILES string of the molecule is OCc1cc(F)c(Oc2ccccc2I)c(F)c1. The third-order valence-electron chi connectivity index (χ3n) is 2.29. The van der Waals surface area contributed by atoms with Gasteiger partial charge in [-0.2, -0.15) is 0 Å². The Morgan fingerprint density at radius 3 is 2.28 bits per heavy atom. The van der Waals surface area contributed by atoms with E-state index in [1.54, 1.807) is 24.3 Å². The van der Waals surface area contributed by atoms with E-state index in [2.05, 4.69) is 0 Å². The summed E-state index contributed by atoms with van der Waals surface area (Å²) >= 11 is 2.01. The minimum atomic E-state index is -0.835. The third kappa shape index (κ3) is 2.78. The molecular weight excluding hydrogens is 353 g/mol. The van der Waals surface area contributed by atoms with Crippen molar-refractivity contribution in [1.82, 2.24) is 0 Å². The summed E-state index contributed by atoms with van der Waals surface area (Å²) in [6.45, 7) is -0.420. The molecule has 0 aliphatic heterocycles. The molecule has 0 amide bonds. The fourth-order valence-corrected chi connectivity index (χ4v) is 1.94. The molecule has 18 heavy (non-hydrogen) atoms. The second-order valence-corrected chi connectivity index (χ2v) is 4.74. The van der Waals surface area contributed by atoms with Gasteiger partial charge in [-0.3, -0.25) is 0 Å². The van der Waals surface area contributed by atoms with E-state index in [9.17, 15) is 8.78 Å². The van der Waals surface area contributed by atoms with E-state index in [1.807, 2.05) is 22.6 Å². The zero-order chi connectivity index (χ0) is 13.1. The van der Waals surface area contributed by atoms with Gasteiger partial charge >= 0.3 is 0 Å². The van der Waals surface area contributed by atoms with Gasteiger partial charge in [-0.1, -0.05) is 12.1 Å². The molecule has 94 valence electrons. The Bertz CT molecular complexity index is 550. The Balaban J connectivity index is 2.38. The van der Waals surface area contributed by atoms with Crippen LogP contribution in [0.25, 0.3) is 0 Å². The molecule has 0 bridgehead atoms. The topological polar surface area (TPSA) is 29.5 Å². The summed E-state index contributed by atoms with van der Waals surface area (Å²) in [7, 11) is 0. The number of halogens is 3. The van der Waals surface area contributed by atoms with Crippen LogP contribution in [0, 0.1) is 15.2 Å². The maximum atomic E-state index is 13.6. The van der Waals surface area contributed by atoms with E-state index in [-0.39, 0.29) is 5.56 Å². The molecule has 2 rings (SSSR count). The van der Waals surface area contributed by atoms with E-state index < -0.39 is 24.0 Å². The van der Waals surface area contributed by atoms with E-state index >= 15 is 0 Å². The van der Waals surface area contributed by atoms with Crippen LogP contribution in [0.15, 0.2) is 36.4 Å². The van der Waals surface area contributed by atoms with Crippen molar-refractivity contribution in [3.8, 4) is 11.5 Å². The van der Waals surface area contributed by atoms with Crippen LogP contribution in [-0.4, -0.2) is 5.11 Å². The number of aliphatic hydroxyl groups excluding tert-OH is 1. The van der Waals surface area contributed by atoms with Crippen LogP contribution in [0.2, 0.25) is 0 Å². The van der Waals surface area contributed by atoms with Crippen molar-refractivity contribution in [2.45, 2.75) is 6.61 Å². The highest BCUT2D eigenvalue weighted by atomic mass is 127. The lowest BCUT2D eigenvalue weighted by molar-refractivity contribution is 0.279. The first kappa shape index (κ1) is 13.2. The Morgan fingerprint density at radius 1 is 1.11 bits per heavy atom. The Kier molecular flexibility index (Phi) is 4.13. The van der Waals surface area contributed by atoms with Gasteiger partial charge in [-0.25, -0.2) is 8.78 Å². The molecule has 0 saturated carbocycles. The first-order chi connectivity index (χ1) is 8.61. The van der Waals surface area contributed by atoms with Crippen molar-refractivity contribution >= 4 is 22.6 Å². The molecule has 0 heterocycles. The highest BCUT2D eigenvalue weighted by Crippen LogP contribution is 2.31. The predicted octanol–water partition coefficient (Wildman–Crippen LogP) is 3.85. The minimum Gasteiger partial charge on any atom is -0.450 e. The van der Waals surface area contributed by atoms with Crippen LogP contribution in [0.3, 0.4) is 0 Å². The third-order valence-corrected chi connectivity index (χ3v) is 3.18. The first-order valence-electron chi connectivity index (χ1n) is 5.13. The lowest BCUT2D eigenvalue weighted by atomic mass is 10.2. The van der Waals surface area contributed by atoms with Crippen LogP contribution in [-0.2, 0) is 6.61 Å². The quantitative estimate of drug-likeness (QED) is 0.841. The van der Waals surface area contributed by atoms with Gasteiger partial charge in [0.2, 0.25) is 0 Å². The maximum Gasteiger partial charge on any atom is 0.198 e. The Morgan fingerprint density at radius 2 is 1.72 bits per heavy atom. The molecule has 5 heteroatoms. The summed E-state index contributed by atoms with van der Waals surface area (Å²) in [6, 6.07) is 9.02. The summed E-state index contributed by atoms with van der Waals surface area (Å²) in [5.41, 5.74) is 0.167. The van der Waals surface area contributed by atoms with Crippen LogP contribution >= 0.6 is 22.6 Å². The number of rotatable bonds is 3. The van der Waals surface area contributed by atoms with E-state index in [1.165, 1.54) is 0 Å². The molecule has 0 spiro atoms. The number of benzene rings is 2. The van der Waals surface area contributed by atoms with Crippen LogP contribution in [0.4, 0.5) is 8.78 Å². The van der Waals surface area contributed by atoms with Crippen molar-refractivity contribution in [1.29, 1.82) is 0 Å². The van der Waals surface area contributed by atoms with Gasteiger partial charge in [-0.05, 0) is 52.4 Å². The lowest BCUT2D eigenvalue weighted by Crippen LogP contribution is -1.96. The lowest BCUT2D eigenvalue weighted by Gasteiger charge is -2.10. The summed E-state index contributed by atoms with van der Waals surface area (Å²) in [5, 5.41) is 8.84. The van der Waals surface area contributed by atoms with Crippen molar-refractivity contribution in [2.75, 3.05) is 0 Å². The van der Waals surface area contributed by atoms with Gasteiger partial charge in [0.05, 0.1) is 10.2 Å². The standard InChI is InChI=1S/C13H9F2IO2/c14-9-5-8(7-17)6-10(15)13(9)18-12-4-2-1-3-11(12)16/h1-6,17H,7H2. The second-order valence-electron chi connectivity index (χ2n) is 3.58. The van der Waals surface area contributed by atoms with Crippen LogP contribution < -0.4 is 4.74 Å². The fraction of sp³-hybridized carbons (Fsp3) is 0.0769. The normalized spacial score (nSPS) is 10.4. The smallest absolute Gasteiger partial charge is 0.198 e. The predicted molar refractivity (Wildman–Crippen MR) is 71.5 cm³/mol. The van der Waals surface area contributed by atoms with Crippen LogP contribution in [0.5, 0.6) is 11.5 Å². The molecule has 0 fully saturated rings. The number of aliphatic hydroxyl groups is 1. The highest BCUT2D eigenvalue weighted by Gasteiger charge is 2.14. The van der Waals surface area contributed by atoms with Crippen molar-refractivity contribution < 1.29 is 18.6 Å². The Labute approximate surface area is 116 Å². The average molecular weight is 362 g/mol. The Hall–Kier alpha value is -1.21. The number of hydrogen-bond acceptors (Lipinski definition) is 2. The molecule has 0 aliphatic rings. The van der Waals surface area contributed by atoms with Gasteiger partial charge in [0, 0.05) is 0 Å². The summed E-state index contributed by atoms with van der Waals surface area (Å²) in [6.07, 6.45) is 0. The molecule has 0 radical (unpaired) electrons. The molecule has 2 aromatic carbocycles. The zero-order valence-corrected chi connectivity index (χ0v) is 11.3. The first-order valence-corrected chi connectivity index (χ1v) is 6.21. The van der Waals surface area contributed by atoms with Gasteiger partial charge in [0.25, 0.3) is 0 Å². The van der Waals surface area contributed by atoms with Crippen LogP contribution in [0.1, 0.15) is 5.56 Å². The summed E-state index contributed by atoms with van der Waals surface area (Å²) in [4.78, 5) is 0. The number of para-hydroxylation sites is 1. The maximum absolute atomic E-state index is 13.6. The zero-order valence-electron chi connectivity index (χ0n) is 9.16. The minimum absolute atomic E-state index is 0.167. The molecule has 0 aromatic heterocycles. The van der Waals surface area contributed by atoms with E-state index in [4.69, 9.17) is 9.84 Å². The van der Waals surface area contributed by atoms with Crippen molar-refractivity contribution in [3.63, 3.8) is 0 Å². The van der Waals surface area contributed by atoms with Crippen molar-refractivity contribution in [3.05, 3.63) is 57.2 Å². The molecule has 2 nitrogen and oxygen atoms in total. The van der Waals surface area contributed by atoms with E-state index in [0.29, 0.717) is 5.75 Å². The molecule has 1 N–H and O–H groups in total. The molecule has 2 aromatic rings. The van der Waals surface area contributed by atoms with Gasteiger partial charge in [-0.15, -0.1) is 0 Å². The second kappa shape index (κ2) is 5.62. The van der Waals surface area contributed by atoms with Crippen molar-refractivity contribution in [2.24, 2.45) is 0 Å². The summed E-state index contributed by atoms with van der Waals surface area (Å²) < 4.78 is 33.3. The van der Waals surface area contributed by atoms with Gasteiger partial charge in [0.15, 0.2) is 17.4 Å². The molecule has 0 aliphatic carbocycles. The highest BCUT2D eigenvalue weighted by molar-refractivity contribution is 14.1. The molecule has 0 unspecified atom stereocenters. The largest absolute Gasteiger partial charge is 0.450 e. The van der Waals surface area contributed by atoms with E-state index in [0.717, 1.165) is 15.7 Å². The molecular formula is C13H9F2IO2.